The van der Waals surface area contributed by atoms with E-state index in [9.17, 15) is 0 Å². The average Bonchev–Trinajstić information content (AvgIpc) is 2.45. The highest BCUT2D eigenvalue weighted by atomic mass is 16.7. The molecule has 0 aromatic heterocycles. The van der Waals surface area contributed by atoms with Gasteiger partial charge in [-0.1, -0.05) is 42.5 Å². The van der Waals surface area contributed by atoms with Gasteiger partial charge in [0.25, 0.3) is 0 Å². The fourth-order valence-electron chi connectivity index (χ4n) is 1.55. The Balaban J connectivity index is 2.00. The van der Waals surface area contributed by atoms with Gasteiger partial charge in [0.2, 0.25) is 0 Å². The molecule has 0 aliphatic heterocycles. The predicted octanol–water partition coefficient (Wildman–Crippen LogP) is 3.25. The number of methoxy groups -OCH3 is 1. The van der Waals surface area contributed by atoms with Crippen molar-refractivity contribution in [2.75, 3.05) is 13.9 Å². The third-order valence-electron chi connectivity index (χ3n) is 2.42. The summed E-state index contributed by atoms with van der Waals surface area (Å²) in [5, 5.41) is 0. The molecule has 2 rings (SSSR count). The minimum Gasteiger partial charge on any atom is -0.485 e. The molecular formula is C15H16O3. The van der Waals surface area contributed by atoms with E-state index in [1.54, 1.807) is 7.11 Å². The SMILES string of the molecule is COCOc1ccccc1OCc1ccccc1. The maximum absolute atomic E-state index is 5.74. The van der Waals surface area contributed by atoms with Crippen molar-refractivity contribution in [3.05, 3.63) is 60.2 Å². The maximum Gasteiger partial charge on any atom is 0.188 e. The van der Waals surface area contributed by atoms with Crippen molar-refractivity contribution in [1.29, 1.82) is 0 Å². The lowest BCUT2D eigenvalue weighted by Gasteiger charge is -2.11. The lowest BCUT2D eigenvalue weighted by Crippen LogP contribution is -2.02. The van der Waals surface area contributed by atoms with Crippen LogP contribution in [0.5, 0.6) is 11.5 Å². The van der Waals surface area contributed by atoms with Crippen molar-refractivity contribution in [1.82, 2.24) is 0 Å². The van der Waals surface area contributed by atoms with Gasteiger partial charge < -0.3 is 14.2 Å². The average molecular weight is 244 g/mol. The van der Waals surface area contributed by atoms with E-state index < -0.39 is 0 Å². The summed E-state index contributed by atoms with van der Waals surface area (Å²) >= 11 is 0. The molecule has 0 bridgehead atoms. The van der Waals surface area contributed by atoms with E-state index in [1.807, 2.05) is 54.6 Å². The normalized spacial score (nSPS) is 10.1. The highest BCUT2D eigenvalue weighted by Gasteiger charge is 2.03. The van der Waals surface area contributed by atoms with E-state index in [0.717, 1.165) is 11.3 Å². The molecule has 0 unspecified atom stereocenters. The topological polar surface area (TPSA) is 27.7 Å². The summed E-state index contributed by atoms with van der Waals surface area (Å²) in [7, 11) is 1.59. The van der Waals surface area contributed by atoms with E-state index in [-0.39, 0.29) is 6.79 Å². The van der Waals surface area contributed by atoms with Crippen molar-refractivity contribution in [3.63, 3.8) is 0 Å². The second-order valence-corrected chi connectivity index (χ2v) is 3.77. The molecule has 0 amide bonds. The quantitative estimate of drug-likeness (QED) is 0.730. The van der Waals surface area contributed by atoms with E-state index in [2.05, 4.69) is 0 Å². The second kappa shape index (κ2) is 6.67. The van der Waals surface area contributed by atoms with Crippen molar-refractivity contribution < 1.29 is 14.2 Å². The third kappa shape index (κ3) is 3.50. The fraction of sp³-hybridized carbons (Fsp3) is 0.200. The van der Waals surface area contributed by atoms with Crippen LogP contribution in [-0.2, 0) is 11.3 Å². The van der Waals surface area contributed by atoms with Crippen molar-refractivity contribution >= 4 is 0 Å². The molecule has 18 heavy (non-hydrogen) atoms. The molecule has 0 aliphatic carbocycles. The molecule has 0 aliphatic rings. The maximum atomic E-state index is 5.74. The zero-order chi connectivity index (χ0) is 12.6. The van der Waals surface area contributed by atoms with Gasteiger partial charge >= 0.3 is 0 Å². The Morgan fingerprint density at radius 3 is 2.06 bits per heavy atom. The Bertz CT molecular complexity index is 468. The van der Waals surface area contributed by atoms with Crippen molar-refractivity contribution in [2.24, 2.45) is 0 Å². The molecule has 0 N–H and O–H groups in total. The lowest BCUT2D eigenvalue weighted by molar-refractivity contribution is 0.0484. The predicted molar refractivity (Wildman–Crippen MR) is 69.7 cm³/mol. The first-order valence-corrected chi connectivity index (χ1v) is 5.77. The van der Waals surface area contributed by atoms with Crippen LogP contribution in [0.25, 0.3) is 0 Å². The zero-order valence-electron chi connectivity index (χ0n) is 10.3. The Labute approximate surface area is 107 Å². The molecule has 0 radical (unpaired) electrons. The Morgan fingerprint density at radius 1 is 0.778 bits per heavy atom. The summed E-state index contributed by atoms with van der Waals surface area (Å²) in [6.07, 6.45) is 0. The van der Waals surface area contributed by atoms with E-state index in [4.69, 9.17) is 14.2 Å². The highest BCUT2D eigenvalue weighted by molar-refractivity contribution is 5.39. The number of rotatable bonds is 6. The zero-order valence-corrected chi connectivity index (χ0v) is 10.3. The van der Waals surface area contributed by atoms with Crippen molar-refractivity contribution in [3.8, 4) is 11.5 Å². The van der Waals surface area contributed by atoms with Crippen LogP contribution in [0.4, 0.5) is 0 Å². The van der Waals surface area contributed by atoms with Crippen LogP contribution in [0.1, 0.15) is 5.56 Å². The van der Waals surface area contributed by atoms with Crippen LogP contribution in [0.15, 0.2) is 54.6 Å². The molecule has 0 fully saturated rings. The summed E-state index contributed by atoms with van der Waals surface area (Å²) < 4.78 is 16.1. The number of para-hydroxylation sites is 2. The minimum atomic E-state index is 0.214. The van der Waals surface area contributed by atoms with Crippen LogP contribution < -0.4 is 9.47 Å². The van der Waals surface area contributed by atoms with E-state index in [0.29, 0.717) is 12.4 Å². The Kier molecular flexibility index (Phi) is 4.61. The van der Waals surface area contributed by atoms with Gasteiger partial charge in [0.05, 0.1) is 0 Å². The monoisotopic (exact) mass is 244 g/mol. The number of hydrogen-bond acceptors (Lipinski definition) is 3. The number of ether oxygens (including phenoxy) is 3. The van der Waals surface area contributed by atoms with Gasteiger partial charge in [-0.05, 0) is 17.7 Å². The molecule has 0 saturated carbocycles. The fourth-order valence-corrected chi connectivity index (χ4v) is 1.55. The smallest absolute Gasteiger partial charge is 0.188 e. The first-order valence-electron chi connectivity index (χ1n) is 5.77. The van der Waals surface area contributed by atoms with Gasteiger partial charge in [0.15, 0.2) is 18.3 Å². The standard InChI is InChI=1S/C15H16O3/c1-16-12-18-15-10-6-5-9-14(15)17-11-13-7-3-2-4-8-13/h2-10H,11-12H2,1H3. The van der Waals surface area contributed by atoms with Crippen LogP contribution in [-0.4, -0.2) is 13.9 Å². The van der Waals surface area contributed by atoms with Gasteiger partial charge in [0, 0.05) is 7.11 Å². The molecule has 0 atom stereocenters. The summed E-state index contributed by atoms with van der Waals surface area (Å²) in [5.74, 6) is 1.41. The molecule has 2 aromatic carbocycles. The first kappa shape index (κ1) is 12.5. The number of benzene rings is 2. The molecule has 3 heteroatoms. The van der Waals surface area contributed by atoms with Gasteiger partial charge in [-0.2, -0.15) is 0 Å². The van der Waals surface area contributed by atoms with Gasteiger partial charge in [-0.25, -0.2) is 0 Å². The molecular weight excluding hydrogens is 228 g/mol. The van der Waals surface area contributed by atoms with Crippen LogP contribution in [0, 0.1) is 0 Å². The van der Waals surface area contributed by atoms with Gasteiger partial charge in [-0.3, -0.25) is 0 Å². The van der Waals surface area contributed by atoms with E-state index >= 15 is 0 Å². The molecule has 0 saturated heterocycles. The molecule has 2 aromatic rings. The summed E-state index contributed by atoms with van der Waals surface area (Å²) in [5.41, 5.74) is 1.12. The minimum absolute atomic E-state index is 0.214. The summed E-state index contributed by atoms with van der Waals surface area (Å²) in [6, 6.07) is 17.6. The molecule has 0 spiro atoms. The second-order valence-electron chi connectivity index (χ2n) is 3.77. The molecule has 3 nitrogen and oxygen atoms in total. The van der Waals surface area contributed by atoms with Gasteiger partial charge in [-0.15, -0.1) is 0 Å². The summed E-state index contributed by atoms with van der Waals surface area (Å²) in [4.78, 5) is 0. The summed E-state index contributed by atoms with van der Waals surface area (Å²) in [6.45, 7) is 0.736. The first-order chi connectivity index (χ1) is 8.90. The largest absolute Gasteiger partial charge is 0.485 e. The van der Waals surface area contributed by atoms with Crippen molar-refractivity contribution in [2.45, 2.75) is 6.61 Å². The molecule has 94 valence electrons. The van der Waals surface area contributed by atoms with Gasteiger partial charge in [0.1, 0.15) is 6.61 Å². The van der Waals surface area contributed by atoms with E-state index in [1.165, 1.54) is 0 Å². The third-order valence-corrected chi connectivity index (χ3v) is 2.42. The molecule has 0 heterocycles. The number of hydrogen-bond donors (Lipinski definition) is 0. The van der Waals surface area contributed by atoms with Crippen LogP contribution in [0.2, 0.25) is 0 Å². The van der Waals surface area contributed by atoms with Crippen LogP contribution >= 0.6 is 0 Å². The highest BCUT2D eigenvalue weighted by Crippen LogP contribution is 2.27. The Morgan fingerprint density at radius 2 is 1.39 bits per heavy atom. The van der Waals surface area contributed by atoms with Crippen LogP contribution in [0.3, 0.4) is 0 Å². The Hall–Kier alpha value is -2.00. The lowest BCUT2D eigenvalue weighted by atomic mass is 10.2.